The van der Waals surface area contributed by atoms with Gasteiger partial charge in [-0.25, -0.2) is 0 Å². The van der Waals surface area contributed by atoms with Crippen LogP contribution in [-0.2, 0) is 6.54 Å². The molecule has 3 rings (SSSR count). The van der Waals surface area contributed by atoms with E-state index < -0.39 is 6.10 Å². The SMILES string of the molecule is OC(COc1cccc(CNCCOc2cccnc2)c1)CN1CCCCCC1. The summed E-state index contributed by atoms with van der Waals surface area (Å²) in [5.41, 5.74) is 1.14. The molecule has 0 aliphatic carbocycles. The van der Waals surface area contributed by atoms with E-state index in [-0.39, 0.29) is 0 Å². The number of likely N-dealkylation sites (tertiary alicyclic amines) is 1. The molecule has 29 heavy (non-hydrogen) atoms. The molecule has 1 saturated heterocycles. The smallest absolute Gasteiger partial charge is 0.137 e. The Balaban J connectivity index is 1.33. The number of rotatable bonds is 11. The minimum atomic E-state index is -0.459. The van der Waals surface area contributed by atoms with Gasteiger partial charge in [0.1, 0.15) is 30.8 Å². The van der Waals surface area contributed by atoms with Gasteiger partial charge in [0.15, 0.2) is 0 Å². The van der Waals surface area contributed by atoms with Crippen molar-refractivity contribution < 1.29 is 14.6 Å². The molecule has 0 bridgehead atoms. The molecule has 1 unspecified atom stereocenters. The van der Waals surface area contributed by atoms with Gasteiger partial charge in [0.25, 0.3) is 0 Å². The summed E-state index contributed by atoms with van der Waals surface area (Å²) in [5.74, 6) is 1.58. The summed E-state index contributed by atoms with van der Waals surface area (Å²) in [6.45, 7) is 5.26. The van der Waals surface area contributed by atoms with E-state index in [1.807, 2.05) is 30.3 Å². The lowest BCUT2D eigenvalue weighted by Crippen LogP contribution is -2.36. The number of benzene rings is 1. The summed E-state index contributed by atoms with van der Waals surface area (Å²) in [5, 5.41) is 13.7. The number of pyridine rings is 1. The summed E-state index contributed by atoms with van der Waals surface area (Å²) in [7, 11) is 0. The normalized spacial score (nSPS) is 16.2. The molecule has 0 spiro atoms. The number of hydrogen-bond acceptors (Lipinski definition) is 6. The lowest BCUT2D eigenvalue weighted by molar-refractivity contribution is 0.0693. The van der Waals surface area contributed by atoms with Crippen LogP contribution in [0.25, 0.3) is 0 Å². The topological polar surface area (TPSA) is 66.8 Å². The number of aromatic nitrogens is 1. The number of aliphatic hydroxyl groups is 1. The van der Waals surface area contributed by atoms with E-state index in [1.165, 1.54) is 25.7 Å². The maximum atomic E-state index is 10.3. The van der Waals surface area contributed by atoms with Crippen LogP contribution in [0, 0.1) is 0 Å². The predicted octanol–water partition coefficient (Wildman–Crippen LogP) is 2.87. The van der Waals surface area contributed by atoms with Gasteiger partial charge in [-0.15, -0.1) is 0 Å². The van der Waals surface area contributed by atoms with Crippen LogP contribution < -0.4 is 14.8 Å². The van der Waals surface area contributed by atoms with E-state index >= 15 is 0 Å². The molecule has 2 heterocycles. The molecule has 1 aromatic carbocycles. The summed E-state index contributed by atoms with van der Waals surface area (Å²) in [6, 6.07) is 11.8. The van der Waals surface area contributed by atoms with Crippen molar-refractivity contribution >= 4 is 0 Å². The van der Waals surface area contributed by atoms with Gasteiger partial charge in [-0.3, -0.25) is 4.98 Å². The number of nitrogens with zero attached hydrogens (tertiary/aromatic N) is 2. The third-order valence-corrected chi connectivity index (χ3v) is 5.02. The number of ether oxygens (including phenoxy) is 2. The first-order valence-electron chi connectivity index (χ1n) is 10.7. The van der Waals surface area contributed by atoms with E-state index in [1.54, 1.807) is 12.4 Å². The maximum absolute atomic E-state index is 10.3. The van der Waals surface area contributed by atoms with Crippen LogP contribution in [0.15, 0.2) is 48.8 Å². The maximum Gasteiger partial charge on any atom is 0.137 e. The molecule has 1 fully saturated rings. The minimum Gasteiger partial charge on any atom is -0.491 e. The van der Waals surface area contributed by atoms with Crippen molar-refractivity contribution in [3.05, 3.63) is 54.4 Å². The Hall–Kier alpha value is -2.15. The molecular formula is C23H33N3O3. The Morgan fingerprint density at radius 1 is 1.03 bits per heavy atom. The predicted molar refractivity (Wildman–Crippen MR) is 114 cm³/mol. The third kappa shape index (κ3) is 8.40. The van der Waals surface area contributed by atoms with Crippen molar-refractivity contribution in [3.8, 4) is 11.5 Å². The monoisotopic (exact) mass is 399 g/mol. The fourth-order valence-corrected chi connectivity index (χ4v) is 3.51. The summed E-state index contributed by atoms with van der Waals surface area (Å²) >= 11 is 0. The van der Waals surface area contributed by atoms with Crippen LogP contribution >= 0.6 is 0 Å². The average molecular weight is 400 g/mol. The minimum absolute atomic E-state index is 0.326. The van der Waals surface area contributed by atoms with Crippen molar-refractivity contribution in [2.45, 2.75) is 38.3 Å². The Bertz CT molecular complexity index is 691. The van der Waals surface area contributed by atoms with Gasteiger partial charge in [0.05, 0.1) is 6.20 Å². The first-order chi connectivity index (χ1) is 14.3. The van der Waals surface area contributed by atoms with Crippen molar-refractivity contribution in [2.24, 2.45) is 0 Å². The molecule has 6 heteroatoms. The summed E-state index contributed by atoms with van der Waals surface area (Å²) in [4.78, 5) is 6.38. The number of hydrogen-bond donors (Lipinski definition) is 2. The van der Waals surface area contributed by atoms with Crippen LogP contribution in [0.5, 0.6) is 11.5 Å². The second-order valence-corrected chi connectivity index (χ2v) is 7.54. The number of β-amino-alcohol motifs (C(OH)–C–C–N with tert-alkyl or cyclic N) is 1. The highest BCUT2D eigenvalue weighted by Gasteiger charge is 2.14. The van der Waals surface area contributed by atoms with Crippen molar-refractivity contribution in [2.75, 3.05) is 39.4 Å². The Labute approximate surface area is 173 Å². The standard InChI is InChI=1S/C23H33N3O3/c27-21(18-26-12-3-1-2-4-13-26)19-29-22-8-5-7-20(15-22)16-25-11-14-28-23-9-6-10-24-17-23/h5-10,15,17,21,25,27H,1-4,11-14,16,18-19H2. The Morgan fingerprint density at radius 2 is 1.86 bits per heavy atom. The van der Waals surface area contributed by atoms with Crippen molar-refractivity contribution in [1.29, 1.82) is 0 Å². The van der Waals surface area contributed by atoms with Crippen LogP contribution in [-0.4, -0.2) is 60.5 Å². The molecule has 0 radical (unpaired) electrons. The molecule has 2 aromatic rings. The molecule has 1 atom stereocenters. The van der Waals surface area contributed by atoms with Gasteiger partial charge in [0, 0.05) is 25.8 Å². The fourth-order valence-electron chi connectivity index (χ4n) is 3.51. The first-order valence-corrected chi connectivity index (χ1v) is 10.7. The third-order valence-electron chi connectivity index (χ3n) is 5.02. The van der Waals surface area contributed by atoms with E-state index in [2.05, 4.69) is 21.3 Å². The second-order valence-electron chi connectivity index (χ2n) is 7.54. The summed E-state index contributed by atoms with van der Waals surface area (Å²) < 4.78 is 11.5. The zero-order valence-electron chi connectivity index (χ0n) is 17.1. The average Bonchev–Trinajstić information content (AvgIpc) is 3.02. The fraction of sp³-hybridized carbons (Fsp3) is 0.522. The van der Waals surface area contributed by atoms with Gasteiger partial charge in [0.2, 0.25) is 0 Å². The highest BCUT2D eigenvalue weighted by atomic mass is 16.5. The first kappa shape index (κ1) is 21.6. The zero-order valence-corrected chi connectivity index (χ0v) is 17.1. The van der Waals surface area contributed by atoms with Gasteiger partial charge >= 0.3 is 0 Å². The molecule has 0 saturated carbocycles. The second kappa shape index (κ2) is 12.4. The highest BCUT2D eigenvalue weighted by molar-refractivity contribution is 5.28. The van der Waals surface area contributed by atoms with Gasteiger partial charge in [-0.2, -0.15) is 0 Å². The van der Waals surface area contributed by atoms with Crippen LogP contribution in [0.2, 0.25) is 0 Å². The largest absolute Gasteiger partial charge is 0.491 e. The van der Waals surface area contributed by atoms with Gasteiger partial charge in [-0.05, 0) is 55.8 Å². The molecule has 2 N–H and O–H groups in total. The lowest BCUT2D eigenvalue weighted by atomic mass is 10.2. The van der Waals surface area contributed by atoms with E-state index in [4.69, 9.17) is 9.47 Å². The van der Waals surface area contributed by atoms with E-state index in [9.17, 15) is 5.11 Å². The quantitative estimate of drug-likeness (QED) is 0.567. The molecule has 1 aromatic heterocycles. The summed E-state index contributed by atoms with van der Waals surface area (Å²) in [6.07, 6.45) is 8.06. The molecule has 1 aliphatic heterocycles. The Morgan fingerprint density at radius 3 is 2.66 bits per heavy atom. The number of aliphatic hydroxyl groups excluding tert-OH is 1. The van der Waals surface area contributed by atoms with E-state index in [0.717, 1.165) is 43.2 Å². The van der Waals surface area contributed by atoms with Gasteiger partial charge in [-0.1, -0.05) is 25.0 Å². The van der Waals surface area contributed by atoms with Crippen molar-refractivity contribution in [1.82, 2.24) is 15.2 Å². The van der Waals surface area contributed by atoms with Crippen LogP contribution in [0.3, 0.4) is 0 Å². The molecule has 158 valence electrons. The van der Waals surface area contributed by atoms with Gasteiger partial charge < -0.3 is 24.8 Å². The Kier molecular flexibility index (Phi) is 9.23. The molecule has 1 aliphatic rings. The van der Waals surface area contributed by atoms with Crippen LogP contribution in [0.1, 0.15) is 31.2 Å². The zero-order chi connectivity index (χ0) is 20.2. The molecular weight excluding hydrogens is 366 g/mol. The van der Waals surface area contributed by atoms with Crippen molar-refractivity contribution in [3.63, 3.8) is 0 Å². The van der Waals surface area contributed by atoms with E-state index in [0.29, 0.717) is 19.8 Å². The number of nitrogens with one attached hydrogen (secondary N) is 1. The lowest BCUT2D eigenvalue weighted by Gasteiger charge is -2.23. The highest BCUT2D eigenvalue weighted by Crippen LogP contribution is 2.14. The molecule has 0 amide bonds. The molecule has 6 nitrogen and oxygen atoms in total. The van der Waals surface area contributed by atoms with Crippen LogP contribution in [0.4, 0.5) is 0 Å².